The molecule has 62 valence electrons. The number of rotatable bonds is 3. The lowest BCUT2D eigenvalue weighted by Gasteiger charge is -1.99. The summed E-state index contributed by atoms with van der Waals surface area (Å²) in [5.41, 5.74) is 5.96. The van der Waals surface area contributed by atoms with Crippen molar-refractivity contribution in [3.63, 3.8) is 0 Å². The number of hydrogen-bond acceptors (Lipinski definition) is 3. The fraction of sp³-hybridized carbons (Fsp3) is 0.111. The van der Waals surface area contributed by atoms with Crippen LogP contribution < -0.4 is 5.73 Å². The second kappa shape index (κ2) is 3.78. The molecule has 3 heteroatoms. The number of carbonyl (C=O) groups is 2. The highest BCUT2D eigenvalue weighted by Crippen LogP contribution is 2.05. The van der Waals surface area contributed by atoms with Gasteiger partial charge in [0.25, 0.3) is 0 Å². The zero-order valence-corrected chi connectivity index (χ0v) is 6.49. The van der Waals surface area contributed by atoms with E-state index in [-0.39, 0.29) is 12.3 Å². The summed E-state index contributed by atoms with van der Waals surface area (Å²) in [5.74, 6) is -0.210. The fourth-order valence-corrected chi connectivity index (χ4v) is 0.964. The summed E-state index contributed by atoms with van der Waals surface area (Å²) < 4.78 is 0. The second-order valence-electron chi connectivity index (χ2n) is 2.33. The number of Topliss-reactive ketones (excluding diaryl/α,β-unsaturated/α-hetero) is 1. The van der Waals surface area contributed by atoms with Crippen LogP contribution in [0.15, 0.2) is 24.3 Å². The highest BCUT2D eigenvalue weighted by atomic mass is 16.1. The zero-order valence-electron chi connectivity index (χ0n) is 6.49. The molecule has 0 bridgehead atoms. The van der Waals surface area contributed by atoms with Gasteiger partial charge in [-0.05, 0) is 0 Å². The third kappa shape index (κ3) is 1.57. The van der Waals surface area contributed by atoms with Crippen LogP contribution in [0, 0.1) is 0 Å². The van der Waals surface area contributed by atoms with E-state index in [0.29, 0.717) is 17.4 Å². The zero-order chi connectivity index (χ0) is 8.97. The van der Waals surface area contributed by atoms with Gasteiger partial charge in [-0.3, -0.25) is 9.59 Å². The standard InChI is InChI=1S/C9H9NO2/c10-5-9(12)8-4-2-1-3-7(8)6-11/h1-4,6H,5,10H2. The SMILES string of the molecule is NCC(=O)c1ccccc1C=O. The van der Waals surface area contributed by atoms with Crippen LogP contribution in [-0.4, -0.2) is 18.6 Å². The summed E-state index contributed by atoms with van der Waals surface area (Å²) in [6.45, 7) is -0.0646. The normalized spacial score (nSPS) is 9.42. The molecular weight excluding hydrogens is 154 g/mol. The van der Waals surface area contributed by atoms with E-state index in [1.54, 1.807) is 24.3 Å². The van der Waals surface area contributed by atoms with Crippen LogP contribution in [0.3, 0.4) is 0 Å². The Bertz CT molecular complexity index is 307. The number of carbonyl (C=O) groups excluding carboxylic acids is 2. The fourth-order valence-electron chi connectivity index (χ4n) is 0.964. The van der Waals surface area contributed by atoms with Crippen molar-refractivity contribution in [2.24, 2.45) is 5.73 Å². The van der Waals surface area contributed by atoms with E-state index in [1.165, 1.54) is 0 Å². The third-order valence-electron chi connectivity index (χ3n) is 1.57. The van der Waals surface area contributed by atoms with Crippen molar-refractivity contribution in [3.8, 4) is 0 Å². The average Bonchev–Trinajstić information content (AvgIpc) is 2.16. The van der Waals surface area contributed by atoms with Crippen LogP contribution >= 0.6 is 0 Å². The molecule has 12 heavy (non-hydrogen) atoms. The molecule has 0 saturated carbocycles. The van der Waals surface area contributed by atoms with E-state index in [0.717, 1.165) is 0 Å². The maximum absolute atomic E-state index is 11.1. The Hall–Kier alpha value is -1.48. The predicted octanol–water partition coefficient (Wildman–Crippen LogP) is 0.640. The first kappa shape index (κ1) is 8.62. The quantitative estimate of drug-likeness (QED) is 0.525. The number of aldehydes is 1. The molecule has 0 radical (unpaired) electrons. The molecule has 0 aliphatic heterocycles. The van der Waals surface area contributed by atoms with E-state index in [2.05, 4.69) is 0 Å². The maximum atomic E-state index is 11.1. The highest BCUT2D eigenvalue weighted by Gasteiger charge is 2.06. The van der Waals surface area contributed by atoms with E-state index in [1.807, 2.05) is 0 Å². The molecule has 0 amide bonds. The molecule has 0 heterocycles. The molecule has 3 nitrogen and oxygen atoms in total. The summed E-state index contributed by atoms with van der Waals surface area (Å²) in [5, 5.41) is 0. The Morgan fingerprint density at radius 3 is 2.67 bits per heavy atom. The Kier molecular flexibility index (Phi) is 2.71. The maximum Gasteiger partial charge on any atom is 0.177 e. The van der Waals surface area contributed by atoms with Crippen molar-refractivity contribution >= 4 is 12.1 Å². The summed E-state index contributed by atoms with van der Waals surface area (Å²) in [6, 6.07) is 6.60. The molecule has 1 aromatic carbocycles. The van der Waals surface area contributed by atoms with Crippen molar-refractivity contribution < 1.29 is 9.59 Å². The van der Waals surface area contributed by atoms with Gasteiger partial charge in [-0.15, -0.1) is 0 Å². The molecule has 0 aromatic heterocycles. The largest absolute Gasteiger partial charge is 0.324 e. The smallest absolute Gasteiger partial charge is 0.177 e. The van der Waals surface area contributed by atoms with E-state index in [4.69, 9.17) is 5.73 Å². The van der Waals surface area contributed by atoms with Gasteiger partial charge in [-0.2, -0.15) is 0 Å². The van der Waals surface area contributed by atoms with Crippen LogP contribution in [0.1, 0.15) is 20.7 Å². The van der Waals surface area contributed by atoms with Gasteiger partial charge in [0, 0.05) is 11.1 Å². The first-order valence-electron chi connectivity index (χ1n) is 3.57. The highest BCUT2D eigenvalue weighted by molar-refractivity contribution is 6.03. The van der Waals surface area contributed by atoms with E-state index < -0.39 is 0 Å². The van der Waals surface area contributed by atoms with Crippen molar-refractivity contribution in [1.29, 1.82) is 0 Å². The molecule has 2 N–H and O–H groups in total. The van der Waals surface area contributed by atoms with E-state index in [9.17, 15) is 9.59 Å². The van der Waals surface area contributed by atoms with Gasteiger partial charge in [0.15, 0.2) is 12.1 Å². The molecular formula is C9H9NO2. The minimum Gasteiger partial charge on any atom is -0.324 e. The van der Waals surface area contributed by atoms with Crippen LogP contribution in [0.4, 0.5) is 0 Å². The van der Waals surface area contributed by atoms with Gasteiger partial charge in [0.05, 0.1) is 6.54 Å². The Morgan fingerprint density at radius 1 is 1.42 bits per heavy atom. The summed E-state index contributed by atoms with van der Waals surface area (Å²) in [7, 11) is 0. The van der Waals surface area contributed by atoms with Gasteiger partial charge in [-0.1, -0.05) is 24.3 Å². The van der Waals surface area contributed by atoms with Crippen LogP contribution in [0.25, 0.3) is 0 Å². The minimum absolute atomic E-state index is 0.0646. The van der Waals surface area contributed by atoms with Gasteiger partial charge < -0.3 is 5.73 Å². The number of ketones is 1. The average molecular weight is 163 g/mol. The summed E-state index contributed by atoms with van der Waals surface area (Å²) >= 11 is 0. The lowest BCUT2D eigenvalue weighted by molar-refractivity contribution is 0.0994. The lowest BCUT2D eigenvalue weighted by atomic mass is 10.1. The molecule has 0 unspecified atom stereocenters. The first-order valence-corrected chi connectivity index (χ1v) is 3.57. The minimum atomic E-state index is -0.210. The van der Waals surface area contributed by atoms with Gasteiger partial charge >= 0.3 is 0 Å². The molecule has 0 aliphatic carbocycles. The van der Waals surface area contributed by atoms with Crippen molar-refractivity contribution in [2.75, 3.05) is 6.54 Å². The van der Waals surface area contributed by atoms with Crippen molar-refractivity contribution in [2.45, 2.75) is 0 Å². The predicted molar refractivity (Wildman–Crippen MR) is 45.2 cm³/mol. The summed E-state index contributed by atoms with van der Waals surface area (Å²) in [6.07, 6.45) is 0.656. The first-order chi connectivity index (χ1) is 5.79. The Labute approximate surface area is 70.2 Å². The summed E-state index contributed by atoms with van der Waals surface area (Å²) in [4.78, 5) is 21.6. The number of hydrogen-bond donors (Lipinski definition) is 1. The van der Waals surface area contributed by atoms with Crippen LogP contribution in [0.5, 0.6) is 0 Å². The molecule has 0 saturated heterocycles. The Morgan fingerprint density at radius 2 is 2.08 bits per heavy atom. The molecule has 1 rings (SSSR count). The van der Waals surface area contributed by atoms with Crippen molar-refractivity contribution in [1.82, 2.24) is 0 Å². The molecule has 0 spiro atoms. The topological polar surface area (TPSA) is 60.2 Å². The molecule has 0 fully saturated rings. The van der Waals surface area contributed by atoms with Crippen molar-refractivity contribution in [3.05, 3.63) is 35.4 Å². The van der Waals surface area contributed by atoms with Gasteiger partial charge in [0.1, 0.15) is 0 Å². The number of nitrogens with two attached hydrogens (primary N) is 1. The molecule has 1 aromatic rings. The Balaban J connectivity index is 3.13. The van der Waals surface area contributed by atoms with Crippen LogP contribution in [-0.2, 0) is 0 Å². The molecule has 0 aliphatic rings. The number of benzene rings is 1. The van der Waals surface area contributed by atoms with Gasteiger partial charge in [-0.25, -0.2) is 0 Å². The van der Waals surface area contributed by atoms with Crippen LogP contribution in [0.2, 0.25) is 0 Å². The van der Waals surface area contributed by atoms with E-state index >= 15 is 0 Å². The lowest BCUT2D eigenvalue weighted by Crippen LogP contribution is -2.15. The van der Waals surface area contributed by atoms with Gasteiger partial charge in [0.2, 0.25) is 0 Å². The third-order valence-corrected chi connectivity index (χ3v) is 1.57. The molecule has 0 atom stereocenters. The monoisotopic (exact) mass is 163 g/mol. The second-order valence-corrected chi connectivity index (χ2v) is 2.33.